The fourth-order valence-corrected chi connectivity index (χ4v) is 2.05. The Morgan fingerprint density at radius 2 is 2.38 bits per heavy atom. The molecule has 0 spiro atoms. The van der Waals surface area contributed by atoms with Crippen molar-refractivity contribution in [2.75, 3.05) is 13.1 Å². The monoisotopic (exact) mass is 243 g/mol. The van der Waals surface area contributed by atoms with Crippen LogP contribution in [0.1, 0.15) is 18.4 Å². The van der Waals surface area contributed by atoms with Crippen molar-refractivity contribution in [3.05, 3.63) is 34.6 Å². The van der Waals surface area contributed by atoms with Crippen molar-refractivity contribution in [3.63, 3.8) is 0 Å². The summed E-state index contributed by atoms with van der Waals surface area (Å²) in [5.74, 6) is -0.295. The van der Waals surface area contributed by atoms with E-state index in [2.05, 4.69) is 5.32 Å². The van der Waals surface area contributed by atoms with Gasteiger partial charge in [-0.3, -0.25) is 0 Å². The van der Waals surface area contributed by atoms with Gasteiger partial charge in [-0.05, 0) is 31.5 Å². The van der Waals surface area contributed by atoms with E-state index in [4.69, 9.17) is 16.3 Å². The minimum absolute atomic E-state index is 0.171. The highest BCUT2D eigenvalue weighted by atomic mass is 35.5. The van der Waals surface area contributed by atoms with Gasteiger partial charge in [0.1, 0.15) is 5.82 Å². The van der Waals surface area contributed by atoms with Gasteiger partial charge < -0.3 is 10.1 Å². The molecule has 1 N–H and O–H groups in total. The first-order valence-electron chi connectivity index (χ1n) is 5.52. The maximum Gasteiger partial charge on any atom is 0.130 e. The third kappa shape index (κ3) is 2.94. The van der Waals surface area contributed by atoms with Gasteiger partial charge >= 0.3 is 0 Å². The van der Waals surface area contributed by atoms with Crippen LogP contribution in [0.15, 0.2) is 18.2 Å². The molecular formula is C12H15ClFNO. The molecular weight excluding hydrogens is 229 g/mol. The molecule has 1 aromatic rings. The van der Waals surface area contributed by atoms with Crippen molar-refractivity contribution in [3.8, 4) is 0 Å². The second kappa shape index (κ2) is 5.62. The van der Waals surface area contributed by atoms with Crippen LogP contribution in [0.2, 0.25) is 5.02 Å². The summed E-state index contributed by atoms with van der Waals surface area (Å²) in [7, 11) is 0. The summed E-state index contributed by atoms with van der Waals surface area (Å²) in [4.78, 5) is 0. The molecule has 0 amide bonds. The molecule has 2 rings (SSSR count). The average Bonchev–Trinajstić information content (AvgIpc) is 2.30. The normalized spacial score (nSPS) is 21.0. The summed E-state index contributed by atoms with van der Waals surface area (Å²) < 4.78 is 19.1. The summed E-state index contributed by atoms with van der Waals surface area (Å²) >= 11 is 5.91. The number of rotatable bonds is 3. The van der Waals surface area contributed by atoms with Crippen LogP contribution in [-0.2, 0) is 11.3 Å². The largest absolute Gasteiger partial charge is 0.372 e. The highest BCUT2D eigenvalue weighted by Gasteiger charge is 2.15. The summed E-state index contributed by atoms with van der Waals surface area (Å²) in [5, 5.41) is 3.68. The average molecular weight is 244 g/mol. The minimum atomic E-state index is -0.295. The Hall–Kier alpha value is -0.640. The van der Waals surface area contributed by atoms with Crippen LogP contribution in [-0.4, -0.2) is 19.2 Å². The first-order valence-corrected chi connectivity index (χ1v) is 5.90. The van der Waals surface area contributed by atoms with Crippen LogP contribution in [0.5, 0.6) is 0 Å². The molecule has 0 radical (unpaired) electrons. The molecule has 1 aliphatic heterocycles. The van der Waals surface area contributed by atoms with Crippen molar-refractivity contribution < 1.29 is 9.13 Å². The predicted octanol–water partition coefficient (Wildman–Crippen LogP) is 2.75. The molecule has 1 atom stereocenters. The van der Waals surface area contributed by atoms with E-state index >= 15 is 0 Å². The van der Waals surface area contributed by atoms with E-state index in [1.54, 1.807) is 12.1 Å². The van der Waals surface area contributed by atoms with Gasteiger partial charge in [-0.1, -0.05) is 17.7 Å². The van der Waals surface area contributed by atoms with Gasteiger partial charge in [-0.15, -0.1) is 0 Å². The SMILES string of the molecule is Fc1cccc(Cl)c1CO[C@@H]1CCCNC1. The number of hydrogen-bond donors (Lipinski definition) is 1. The van der Waals surface area contributed by atoms with Crippen LogP contribution in [0.3, 0.4) is 0 Å². The number of hydrogen-bond acceptors (Lipinski definition) is 2. The van der Waals surface area contributed by atoms with E-state index in [1.165, 1.54) is 6.07 Å². The topological polar surface area (TPSA) is 21.3 Å². The second-order valence-electron chi connectivity index (χ2n) is 3.98. The molecule has 4 heteroatoms. The number of ether oxygens (including phenoxy) is 1. The lowest BCUT2D eigenvalue weighted by Gasteiger charge is -2.23. The molecule has 0 aromatic heterocycles. The van der Waals surface area contributed by atoms with Gasteiger partial charge in [0, 0.05) is 17.1 Å². The second-order valence-corrected chi connectivity index (χ2v) is 4.39. The molecule has 2 nitrogen and oxygen atoms in total. The summed E-state index contributed by atoms with van der Waals surface area (Å²) in [5.41, 5.74) is 0.453. The van der Waals surface area contributed by atoms with Gasteiger partial charge in [0.05, 0.1) is 12.7 Å². The Labute approximate surface area is 99.7 Å². The smallest absolute Gasteiger partial charge is 0.130 e. The van der Waals surface area contributed by atoms with E-state index < -0.39 is 0 Å². The molecule has 1 fully saturated rings. The van der Waals surface area contributed by atoms with Gasteiger partial charge in [0.25, 0.3) is 0 Å². The maximum absolute atomic E-state index is 13.4. The molecule has 1 heterocycles. The Bertz CT molecular complexity index is 333. The fraction of sp³-hybridized carbons (Fsp3) is 0.500. The van der Waals surface area contributed by atoms with Crippen LogP contribution >= 0.6 is 11.6 Å². The molecule has 1 saturated heterocycles. The zero-order valence-corrected chi connectivity index (χ0v) is 9.77. The Balaban J connectivity index is 1.93. The van der Waals surface area contributed by atoms with Gasteiger partial charge in [0.15, 0.2) is 0 Å². The zero-order chi connectivity index (χ0) is 11.4. The lowest BCUT2D eigenvalue weighted by molar-refractivity contribution is 0.0240. The number of nitrogens with one attached hydrogen (secondary N) is 1. The summed E-state index contributed by atoms with van der Waals surface area (Å²) in [6.45, 7) is 2.13. The van der Waals surface area contributed by atoms with E-state index in [-0.39, 0.29) is 18.5 Å². The maximum atomic E-state index is 13.4. The van der Waals surface area contributed by atoms with Crippen molar-refractivity contribution in [1.29, 1.82) is 0 Å². The lowest BCUT2D eigenvalue weighted by Crippen LogP contribution is -2.35. The van der Waals surface area contributed by atoms with Crippen molar-refractivity contribution >= 4 is 11.6 Å². The molecule has 0 aliphatic carbocycles. The Morgan fingerprint density at radius 3 is 3.06 bits per heavy atom. The first kappa shape index (κ1) is 11.8. The van der Waals surface area contributed by atoms with Crippen LogP contribution in [0.4, 0.5) is 4.39 Å². The number of benzene rings is 1. The van der Waals surface area contributed by atoms with Crippen molar-refractivity contribution in [2.45, 2.75) is 25.6 Å². The number of halogens is 2. The van der Waals surface area contributed by atoms with E-state index in [0.717, 1.165) is 25.9 Å². The van der Waals surface area contributed by atoms with Gasteiger partial charge in [-0.25, -0.2) is 4.39 Å². The molecule has 88 valence electrons. The fourth-order valence-electron chi connectivity index (χ4n) is 1.83. The third-order valence-corrected chi connectivity index (χ3v) is 3.13. The Kier molecular flexibility index (Phi) is 4.16. The lowest BCUT2D eigenvalue weighted by atomic mass is 10.1. The summed E-state index contributed by atoms with van der Waals surface area (Å²) in [6.07, 6.45) is 2.30. The van der Waals surface area contributed by atoms with E-state index in [9.17, 15) is 4.39 Å². The summed E-state index contributed by atoms with van der Waals surface area (Å²) in [6, 6.07) is 4.69. The molecule has 0 bridgehead atoms. The molecule has 16 heavy (non-hydrogen) atoms. The van der Waals surface area contributed by atoms with Crippen LogP contribution in [0.25, 0.3) is 0 Å². The van der Waals surface area contributed by atoms with Crippen LogP contribution in [0, 0.1) is 5.82 Å². The van der Waals surface area contributed by atoms with Gasteiger partial charge in [0.2, 0.25) is 0 Å². The molecule has 0 saturated carbocycles. The first-order chi connectivity index (χ1) is 7.77. The molecule has 1 aromatic carbocycles. The van der Waals surface area contributed by atoms with Crippen molar-refractivity contribution in [1.82, 2.24) is 5.32 Å². The van der Waals surface area contributed by atoms with Crippen molar-refractivity contribution in [2.24, 2.45) is 0 Å². The van der Waals surface area contributed by atoms with E-state index in [0.29, 0.717) is 10.6 Å². The zero-order valence-electron chi connectivity index (χ0n) is 9.01. The van der Waals surface area contributed by atoms with Gasteiger partial charge in [-0.2, -0.15) is 0 Å². The van der Waals surface area contributed by atoms with Crippen LogP contribution < -0.4 is 5.32 Å². The molecule has 1 aliphatic rings. The highest BCUT2D eigenvalue weighted by Crippen LogP contribution is 2.21. The standard InChI is InChI=1S/C12H15ClFNO/c13-11-4-1-5-12(14)10(11)8-16-9-3-2-6-15-7-9/h1,4-5,9,15H,2-3,6-8H2/t9-/m1/s1. The quantitative estimate of drug-likeness (QED) is 0.882. The number of piperidine rings is 1. The minimum Gasteiger partial charge on any atom is -0.372 e. The van der Waals surface area contributed by atoms with E-state index in [1.807, 2.05) is 0 Å². The Morgan fingerprint density at radius 1 is 1.50 bits per heavy atom. The molecule has 0 unspecified atom stereocenters. The highest BCUT2D eigenvalue weighted by molar-refractivity contribution is 6.31. The third-order valence-electron chi connectivity index (χ3n) is 2.78. The predicted molar refractivity (Wildman–Crippen MR) is 62.1 cm³/mol.